The van der Waals surface area contributed by atoms with E-state index in [9.17, 15) is 19.5 Å². The number of benzene rings is 1. The molecular formula is C20H29N3O4. The lowest BCUT2D eigenvalue weighted by atomic mass is 9.94. The molecule has 1 saturated heterocycles. The summed E-state index contributed by atoms with van der Waals surface area (Å²) in [7, 11) is 0. The Morgan fingerprint density at radius 2 is 1.93 bits per heavy atom. The van der Waals surface area contributed by atoms with Crippen molar-refractivity contribution in [1.29, 1.82) is 0 Å². The lowest BCUT2D eigenvalue weighted by molar-refractivity contribution is -0.142. The Bertz CT molecular complexity index is 648. The maximum atomic E-state index is 12.4. The Hall–Kier alpha value is -2.57. The van der Waals surface area contributed by atoms with E-state index in [1.165, 1.54) is 0 Å². The van der Waals surface area contributed by atoms with Crippen molar-refractivity contribution in [3.8, 4) is 0 Å². The van der Waals surface area contributed by atoms with Crippen LogP contribution in [-0.2, 0) is 9.59 Å². The van der Waals surface area contributed by atoms with Gasteiger partial charge < -0.3 is 20.6 Å². The van der Waals surface area contributed by atoms with Crippen molar-refractivity contribution in [3.63, 3.8) is 0 Å². The molecule has 1 aromatic rings. The highest BCUT2D eigenvalue weighted by molar-refractivity contribution is 5.84. The van der Waals surface area contributed by atoms with Crippen LogP contribution in [0.2, 0.25) is 0 Å². The Kier molecular flexibility index (Phi) is 7.64. The first-order valence-electron chi connectivity index (χ1n) is 9.46. The SMILES string of the molecule is CC(C)CNC(=O)N1CCCC(CC(=O)N[C@H](C(=O)O)c2ccccc2)C1. The summed E-state index contributed by atoms with van der Waals surface area (Å²) in [6.45, 7) is 5.90. The highest BCUT2D eigenvalue weighted by Crippen LogP contribution is 2.21. The van der Waals surface area contributed by atoms with Gasteiger partial charge in [-0.25, -0.2) is 9.59 Å². The van der Waals surface area contributed by atoms with E-state index in [4.69, 9.17) is 0 Å². The molecule has 2 atom stereocenters. The molecule has 0 bridgehead atoms. The minimum Gasteiger partial charge on any atom is -0.479 e. The summed E-state index contributed by atoms with van der Waals surface area (Å²) in [5.41, 5.74) is 0.539. The van der Waals surface area contributed by atoms with E-state index in [2.05, 4.69) is 10.6 Å². The zero-order chi connectivity index (χ0) is 19.8. The molecule has 1 fully saturated rings. The van der Waals surface area contributed by atoms with Crippen molar-refractivity contribution in [3.05, 3.63) is 35.9 Å². The van der Waals surface area contributed by atoms with Crippen molar-refractivity contribution in [1.82, 2.24) is 15.5 Å². The molecule has 1 heterocycles. The van der Waals surface area contributed by atoms with Gasteiger partial charge in [0.25, 0.3) is 0 Å². The van der Waals surface area contributed by atoms with Crippen LogP contribution >= 0.6 is 0 Å². The number of urea groups is 1. The predicted molar refractivity (Wildman–Crippen MR) is 102 cm³/mol. The third-order valence-electron chi connectivity index (χ3n) is 4.63. The number of amides is 3. The van der Waals surface area contributed by atoms with Gasteiger partial charge in [0.2, 0.25) is 5.91 Å². The Morgan fingerprint density at radius 3 is 2.56 bits per heavy atom. The molecule has 3 amide bonds. The fraction of sp³-hybridized carbons (Fsp3) is 0.550. The molecule has 148 valence electrons. The summed E-state index contributed by atoms with van der Waals surface area (Å²) >= 11 is 0. The highest BCUT2D eigenvalue weighted by atomic mass is 16.4. The van der Waals surface area contributed by atoms with Crippen LogP contribution in [0.5, 0.6) is 0 Å². The number of nitrogens with zero attached hydrogens (tertiary/aromatic N) is 1. The van der Waals surface area contributed by atoms with Crippen LogP contribution in [0.25, 0.3) is 0 Å². The summed E-state index contributed by atoms with van der Waals surface area (Å²) in [4.78, 5) is 37.9. The standard InChI is InChI=1S/C20H29N3O4/c1-14(2)12-21-20(27)23-10-6-7-15(13-23)11-17(24)22-18(19(25)26)16-8-4-3-5-9-16/h3-5,8-9,14-15,18H,6-7,10-13H2,1-2H3,(H,21,27)(H,22,24)(H,25,26)/t15?,18-/m0/s1. The van der Waals surface area contributed by atoms with Gasteiger partial charge in [-0.1, -0.05) is 44.2 Å². The number of rotatable bonds is 7. The van der Waals surface area contributed by atoms with Crippen LogP contribution in [-0.4, -0.2) is 47.5 Å². The molecule has 7 nitrogen and oxygen atoms in total. The van der Waals surface area contributed by atoms with E-state index < -0.39 is 12.0 Å². The topological polar surface area (TPSA) is 98.7 Å². The molecule has 0 aromatic heterocycles. The van der Waals surface area contributed by atoms with Crippen molar-refractivity contribution >= 4 is 17.9 Å². The van der Waals surface area contributed by atoms with Gasteiger partial charge in [0.05, 0.1) is 0 Å². The molecule has 27 heavy (non-hydrogen) atoms. The van der Waals surface area contributed by atoms with Gasteiger partial charge in [0.15, 0.2) is 6.04 Å². The summed E-state index contributed by atoms with van der Waals surface area (Å²) < 4.78 is 0. The second-order valence-electron chi connectivity index (χ2n) is 7.49. The number of carboxylic acid groups (broad SMARTS) is 1. The number of likely N-dealkylation sites (tertiary alicyclic amines) is 1. The van der Waals surface area contributed by atoms with Crippen molar-refractivity contribution < 1.29 is 19.5 Å². The normalized spacial score (nSPS) is 18.0. The van der Waals surface area contributed by atoms with Crippen LogP contribution < -0.4 is 10.6 Å². The summed E-state index contributed by atoms with van der Waals surface area (Å²) in [6.07, 6.45) is 1.91. The molecule has 0 saturated carbocycles. The van der Waals surface area contributed by atoms with Gasteiger partial charge in [-0.15, -0.1) is 0 Å². The molecule has 1 aliphatic heterocycles. The Morgan fingerprint density at radius 1 is 1.22 bits per heavy atom. The van der Waals surface area contributed by atoms with Crippen LogP contribution in [0.4, 0.5) is 4.79 Å². The van der Waals surface area contributed by atoms with Gasteiger partial charge in [-0.3, -0.25) is 4.79 Å². The monoisotopic (exact) mass is 375 g/mol. The number of hydrogen-bond acceptors (Lipinski definition) is 3. The number of nitrogens with one attached hydrogen (secondary N) is 2. The summed E-state index contributed by atoms with van der Waals surface area (Å²) in [6, 6.07) is 7.49. The van der Waals surface area contributed by atoms with Gasteiger partial charge in [0, 0.05) is 26.1 Å². The van der Waals surface area contributed by atoms with Crippen LogP contribution in [0, 0.1) is 11.8 Å². The van der Waals surface area contributed by atoms with Crippen LogP contribution in [0.3, 0.4) is 0 Å². The maximum absolute atomic E-state index is 12.4. The first-order valence-corrected chi connectivity index (χ1v) is 9.46. The van der Waals surface area contributed by atoms with Crippen molar-refractivity contribution in [2.75, 3.05) is 19.6 Å². The number of carbonyl (C=O) groups is 3. The molecule has 0 radical (unpaired) electrons. The minimum absolute atomic E-state index is 0.0359. The minimum atomic E-state index is -1.09. The fourth-order valence-electron chi connectivity index (χ4n) is 3.23. The quantitative estimate of drug-likeness (QED) is 0.681. The largest absolute Gasteiger partial charge is 0.479 e. The van der Waals surface area contributed by atoms with E-state index in [-0.39, 0.29) is 24.3 Å². The predicted octanol–water partition coefficient (Wildman–Crippen LogP) is 2.40. The molecule has 1 unspecified atom stereocenters. The highest BCUT2D eigenvalue weighted by Gasteiger charge is 2.27. The third kappa shape index (κ3) is 6.58. The average molecular weight is 375 g/mol. The molecule has 0 spiro atoms. The average Bonchev–Trinajstić information content (AvgIpc) is 2.64. The number of hydrogen-bond donors (Lipinski definition) is 3. The summed E-state index contributed by atoms with van der Waals surface area (Å²) in [5, 5.41) is 14.9. The molecule has 1 aromatic carbocycles. The van der Waals surface area contributed by atoms with Gasteiger partial charge in [-0.05, 0) is 30.2 Å². The third-order valence-corrected chi connectivity index (χ3v) is 4.63. The first kappa shape index (κ1) is 20.7. The number of piperidine rings is 1. The lowest BCUT2D eigenvalue weighted by Crippen LogP contribution is -2.47. The second-order valence-corrected chi connectivity index (χ2v) is 7.49. The fourth-order valence-corrected chi connectivity index (χ4v) is 3.23. The number of carboxylic acids is 1. The lowest BCUT2D eigenvalue weighted by Gasteiger charge is -2.33. The smallest absolute Gasteiger partial charge is 0.330 e. The van der Waals surface area contributed by atoms with Crippen molar-refractivity contribution in [2.24, 2.45) is 11.8 Å². The first-order chi connectivity index (χ1) is 12.9. The van der Waals surface area contributed by atoms with E-state index in [1.54, 1.807) is 35.2 Å². The maximum Gasteiger partial charge on any atom is 0.330 e. The molecule has 0 aliphatic carbocycles. The van der Waals surface area contributed by atoms with Gasteiger partial charge >= 0.3 is 12.0 Å². The molecule has 1 aliphatic rings. The number of carbonyl (C=O) groups excluding carboxylic acids is 2. The van der Waals surface area contributed by atoms with Crippen molar-refractivity contribution in [2.45, 2.75) is 39.2 Å². The second kappa shape index (κ2) is 9.94. The zero-order valence-electron chi connectivity index (χ0n) is 16.0. The van der Waals surface area contributed by atoms with Crippen LogP contribution in [0.15, 0.2) is 30.3 Å². The molecular weight excluding hydrogens is 346 g/mol. The van der Waals surface area contributed by atoms with E-state index >= 15 is 0 Å². The molecule has 2 rings (SSSR count). The van der Waals surface area contributed by atoms with Gasteiger partial charge in [0.1, 0.15) is 0 Å². The Labute approximate surface area is 160 Å². The summed E-state index contributed by atoms with van der Waals surface area (Å²) in [5.74, 6) is -0.978. The zero-order valence-corrected chi connectivity index (χ0v) is 16.0. The van der Waals surface area contributed by atoms with E-state index in [0.717, 1.165) is 12.8 Å². The van der Waals surface area contributed by atoms with Crippen LogP contribution in [0.1, 0.15) is 44.7 Å². The van der Waals surface area contributed by atoms with E-state index in [1.807, 2.05) is 13.8 Å². The molecule has 3 N–H and O–H groups in total. The van der Waals surface area contributed by atoms with E-state index in [0.29, 0.717) is 31.1 Å². The van der Waals surface area contributed by atoms with Gasteiger partial charge in [-0.2, -0.15) is 0 Å². The number of aliphatic carboxylic acids is 1. The Balaban J connectivity index is 1.88. The molecule has 7 heteroatoms.